The molecular formula is C36H53N5O6. The Morgan fingerprint density at radius 1 is 0.851 bits per heavy atom. The smallest absolute Gasteiger partial charge is 0.245 e. The molecule has 0 unspecified atom stereocenters. The predicted molar refractivity (Wildman–Crippen MR) is 181 cm³/mol. The zero-order valence-corrected chi connectivity index (χ0v) is 28.4. The Morgan fingerprint density at radius 2 is 1.53 bits per heavy atom. The first-order chi connectivity index (χ1) is 22.8. The summed E-state index contributed by atoms with van der Waals surface area (Å²) in [6.45, 7) is 9.92. The maximum absolute atomic E-state index is 13.5. The molecule has 0 bridgehead atoms. The van der Waals surface area contributed by atoms with Crippen molar-refractivity contribution < 1.29 is 28.6 Å². The number of benzene rings is 2. The second-order valence-electron chi connectivity index (χ2n) is 12.5. The minimum atomic E-state index is -0.789. The summed E-state index contributed by atoms with van der Waals surface area (Å²) in [4.78, 5) is 45.8. The number of amides is 3. The number of morpholine rings is 1. The van der Waals surface area contributed by atoms with E-state index >= 15 is 0 Å². The number of unbranched alkanes of at least 4 members (excludes halogenated alkanes) is 1. The van der Waals surface area contributed by atoms with Crippen LogP contribution in [0.3, 0.4) is 0 Å². The van der Waals surface area contributed by atoms with Gasteiger partial charge in [0.1, 0.15) is 23.6 Å². The third kappa shape index (κ3) is 12.1. The van der Waals surface area contributed by atoms with E-state index in [9.17, 15) is 14.4 Å². The highest BCUT2D eigenvalue weighted by atomic mass is 16.5. The number of carbonyl (C=O) groups is 3. The fraction of sp³-hybridized carbons (Fsp3) is 0.583. The standard InChI is InChI=1S/C36H53N5O6/c1-28-35(43)37-17-7-20-41(27-30-11-15-32(16-12-30)47-23-5-4-18-40-21-24-46-25-22-40)19-6-8-34(42)38-33(36(44)39(28)2)26-29-9-13-31(45-3)14-10-29/h9-16,28,33H,4-8,17-27H2,1-3H3,(H,37,43)(H,38,42)/t28-,33-/m0/s1. The molecule has 47 heavy (non-hydrogen) atoms. The highest BCUT2D eigenvalue weighted by molar-refractivity contribution is 5.92. The van der Waals surface area contributed by atoms with Crippen molar-refractivity contribution in [2.24, 2.45) is 0 Å². The molecule has 2 N–H and O–H groups in total. The van der Waals surface area contributed by atoms with E-state index in [1.807, 2.05) is 36.4 Å². The van der Waals surface area contributed by atoms with E-state index in [0.29, 0.717) is 38.2 Å². The number of nitrogens with zero attached hydrogens (tertiary/aromatic N) is 3. The largest absolute Gasteiger partial charge is 0.497 e. The first-order valence-corrected chi connectivity index (χ1v) is 17.0. The van der Waals surface area contributed by atoms with Crippen molar-refractivity contribution in [3.63, 3.8) is 0 Å². The summed E-state index contributed by atoms with van der Waals surface area (Å²) < 4.78 is 16.7. The van der Waals surface area contributed by atoms with Crippen molar-refractivity contribution in [1.82, 2.24) is 25.3 Å². The van der Waals surface area contributed by atoms with E-state index in [4.69, 9.17) is 14.2 Å². The molecule has 11 nitrogen and oxygen atoms in total. The number of likely N-dealkylation sites (N-methyl/N-ethyl adjacent to an activating group) is 1. The van der Waals surface area contributed by atoms with Crippen LogP contribution in [-0.4, -0.2) is 118 Å². The molecule has 2 aromatic carbocycles. The lowest BCUT2D eigenvalue weighted by atomic mass is 10.0. The van der Waals surface area contributed by atoms with Gasteiger partial charge in [0.15, 0.2) is 0 Å². The Bertz CT molecular complexity index is 1250. The minimum Gasteiger partial charge on any atom is -0.497 e. The SMILES string of the molecule is COc1ccc(C[C@@H]2NC(=O)CCCN(Cc3ccc(OCCCCN4CCOCC4)cc3)CCCNC(=O)[C@H](C)N(C)C2=O)cc1. The summed E-state index contributed by atoms with van der Waals surface area (Å²) in [7, 11) is 3.21. The summed E-state index contributed by atoms with van der Waals surface area (Å²) >= 11 is 0. The maximum atomic E-state index is 13.5. The Balaban J connectivity index is 1.31. The number of ether oxygens (including phenoxy) is 3. The second kappa shape index (κ2) is 19.2. The van der Waals surface area contributed by atoms with Crippen molar-refractivity contribution >= 4 is 17.7 Å². The van der Waals surface area contributed by atoms with Gasteiger partial charge in [0.05, 0.1) is 26.9 Å². The van der Waals surface area contributed by atoms with Crippen LogP contribution in [0, 0.1) is 0 Å². The molecule has 2 heterocycles. The average molecular weight is 652 g/mol. The van der Waals surface area contributed by atoms with Gasteiger partial charge in [0.2, 0.25) is 17.7 Å². The van der Waals surface area contributed by atoms with E-state index < -0.39 is 12.1 Å². The summed E-state index contributed by atoms with van der Waals surface area (Å²) in [5, 5.41) is 5.95. The van der Waals surface area contributed by atoms with Crippen LogP contribution in [0.4, 0.5) is 0 Å². The molecule has 2 aliphatic rings. The number of carbonyl (C=O) groups excluding carboxylic acids is 3. The van der Waals surface area contributed by atoms with Gasteiger partial charge in [-0.3, -0.25) is 24.2 Å². The minimum absolute atomic E-state index is 0.177. The number of hydrogen-bond acceptors (Lipinski definition) is 8. The molecule has 2 fully saturated rings. The van der Waals surface area contributed by atoms with Gasteiger partial charge in [0, 0.05) is 52.6 Å². The molecule has 0 saturated carbocycles. The molecule has 2 aromatic rings. The summed E-state index contributed by atoms with van der Waals surface area (Å²) in [5.41, 5.74) is 2.05. The molecule has 2 atom stereocenters. The van der Waals surface area contributed by atoms with Crippen LogP contribution in [0.2, 0.25) is 0 Å². The van der Waals surface area contributed by atoms with Gasteiger partial charge in [-0.2, -0.15) is 0 Å². The van der Waals surface area contributed by atoms with Gasteiger partial charge in [-0.25, -0.2) is 0 Å². The van der Waals surface area contributed by atoms with Crippen molar-refractivity contribution in [3.8, 4) is 11.5 Å². The van der Waals surface area contributed by atoms with E-state index in [1.54, 1.807) is 21.1 Å². The van der Waals surface area contributed by atoms with Gasteiger partial charge >= 0.3 is 0 Å². The van der Waals surface area contributed by atoms with Gasteiger partial charge < -0.3 is 29.7 Å². The third-order valence-corrected chi connectivity index (χ3v) is 8.94. The van der Waals surface area contributed by atoms with Crippen molar-refractivity contribution in [3.05, 3.63) is 59.7 Å². The second-order valence-corrected chi connectivity index (χ2v) is 12.5. The highest BCUT2D eigenvalue weighted by Gasteiger charge is 2.30. The maximum Gasteiger partial charge on any atom is 0.245 e. The van der Waals surface area contributed by atoms with E-state index in [0.717, 1.165) is 88.6 Å². The van der Waals surface area contributed by atoms with Crippen molar-refractivity contribution in [2.45, 2.75) is 64.1 Å². The van der Waals surface area contributed by atoms with Crippen LogP contribution in [0.1, 0.15) is 50.2 Å². The Labute approximate surface area is 279 Å². The molecular weight excluding hydrogens is 598 g/mol. The fourth-order valence-corrected chi connectivity index (χ4v) is 5.87. The summed E-state index contributed by atoms with van der Waals surface area (Å²) in [6, 6.07) is 14.2. The van der Waals surface area contributed by atoms with Crippen LogP contribution in [0.25, 0.3) is 0 Å². The van der Waals surface area contributed by atoms with Crippen LogP contribution in [-0.2, 0) is 32.1 Å². The van der Waals surface area contributed by atoms with E-state index in [-0.39, 0.29) is 17.7 Å². The predicted octanol–water partition coefficient (Wildman–Crippen LogP) is 2.86. The van der Waals surface area contributed by atoms with E-state index in [1.165, 1.54) is 4.90 Å². The molecule has 3 amide bonds. The normalized spacial score (nSPS) is 21.3. The summed E-state index contributed by atoms with van der Waals surface area (Å²) in [5.74, 6) is 0.897. The van der Waals surface area contributed by atoms with Gasteiger partial charge in [-0.05, 0) is 81.1 Å². The quantitative estimate of drug-likeness (QED) is 0.357. The van der Waals surface area contributed by atoms with Gasteiger partial charge in [-0.15, -0.1) is 0 Å². The molecule has 4 rings (SSSR count). The van der Waals surface area contributed by atoms with Crippen molar-refractivity contribution in [1.29, 1.82) is 0 Å². The fourth-order valence-electron chi connectivity index (χ4n) is 5.87. The number of methoxy groups -OCH3 is 1. The molecule has 0 aliphatic carbocycles. The first kappa shape index (κ1) is 36.2. The lowest BCUT2D eigenvalue weighted by molar-refractivity contribution is -0.141. The van der Waals surface area contributed by atoms with Gasteiger partial charge in [-0.1, -0.05) is 24.3 Å². The van der Waals surface area contributed by atoms with Crippen LogP contribution < -0.4 is 20.1 Å². The van der Waals surface area contributed by atoms with Crippen LogP contribution >= 0.6 is 0 Å². The molecule has 0 spiro atoms. The average Bonchev–Trinajstić information content (AvgIpc) is 3.09. The molecule has 258 valence electrons. The Morgan fingerprint density at radius 3 is 2.26 bits per heavy atom. The Kier molecular flexibility index (Phi) is 14.8. The van der Waals surface area contributed by atoms with Crippen LogP contribution in [0.5, 0.6) is 11.5 Å². The zero-order chi connectivity index (χ0) is 33.4. The lowest BCUT2D eigenvalue weighted by Gasteiger charge is -2.29. The lowest BCUT2D eigenvalue weighted by Crippen LogP contribution is -2.54. The van der Waals surface area contributed by atoms with Crippen molar-refractivity contribution in [2.75, 3.05) is 73.2 Å². The number of nitrogens with one attached hydrogen (secondary N) is 2. The molecule has 2 aliphatic heterocycles. The van der Waals surface area contributed by atoms with Crippen LogP contribution in [0.15, 0.2) is 48.5 Å². The Hall–Kier alpha value is -3.67. The molecule has 0 radical (unpaired) electrons. The zero-order valence-electron chi connectivity index (χ0n) is 28.4. The van der Waals surface area contributed by atoms with Gasteiger partial charge in [0.25, 0.3) is 0 Å². The summed E-state index contributed by atoms with van der Waals surface area (Å²) in [6.07, 6.45) is 4.15. The molecule has 2 saturated heterocycles. The highest BCUT2D eigenvalue weighted by Crippen LogP contribution is 2.17. The van der Waals surface area contributed by atoms with E-state index in [2.05, 4.69) is 32.6 Å². The number of hydrogen-bond donors (Lipinski definition) is 2. The molecule has 11 heteroatoms. The topological polar surface area (TPSA) is 113 Å². The third-order valence-electron chi connectivity index (χ3n) is 8.94. The first-order valence-electron chi connectivity index (χ1n) is 17.0. The molecule has 0 aromatic heterocycles. The number of rotatable bonds is 11. The monoisotopic (exact) mass is 651 g/mol.